The lowest BCUT2D eigenvalue weighted by atomic mass is 10.1. The molecular formula is C8H8BrF2NO2. The van der Waals surface area contributed by atoms with E-state index in [4.69, 9.17) is 15.9 Å². The highest BCUT2D eigenvalue weighted by Gasteiger charge is 2.20. The third-order valence-corrected chi connectivity index (χ3v) is 2.36. The summed E-state index contributed by atoms with van der Waals surface area (Å²) < 4.78 is 26.1. The van der Waals surface area contributed by atoms with E-state index >= 15 is 0 Å². The number of aliphatic hydroxyl groups is 1. The second-order valence-electron chi connectivity index (χ2n) is 2.71. The minimum Gasteiger partial charge on any atom is -0.504 e. The Balaban J connectivity index is 3.33. The second-order valence-corrected chi connectivity index (χ2v) is 3.57. The third kappa shape index (κ3) is 1.87. The van der Waals surface area contributed by atoms with Crippen LogP contribution in [0.4, 0.5) is 8.78 Å². The average Bonchev–Trinajstić information content (AvgIpc) is 2.19. The summed E-state index contributed by atoms with van der Waals surface area (Å²) in [6.45, 7) is -0.506. The van der Waals surface area contributed by atoms with E-state index in [0.29, 0.717) is 0 Å². The largest absolute Gasteiger partial charge is 0.504 e. The molecule has 0 aromatic heterocycles. The number of phenolic OH excluding ortho intramolecular Hbond substituents is 1. The summed E-state index contributed by atoms with van der Waals surface area (Å²) in [6.07, 6.45) is 0. The molecule has 0 bridgehead atoms. The van der Waals surface area contributed by atoms with Crippen LogP contribution in [-0.2, 0) is 0 Å². The monoisotopic (exact) mass is 267 g/mol. The maximum absolute atomic E-state index is 13.1. The van der Waals surface area contributed by atoms with Gasteiger partial charge in [0.1, 0.15) is 0 Å². The topological polar surface area (TPSA) is 66.5 Å². The lowest BCUT2D eigenvalue weighted by Gasteiger charge is -2.11. The molecule has 0 heterocycles. The molecule has 0 aliphatic carbocycles. The van der Waals surface area contributed by atoms with Crippen molar-refractivity contribution in [3.63, 3.8) is 0 Å². The highest BCUT2D eigenvalue weighted by molar-refractivity contribution is 9.10. The van der Waals surface area contributed by atoms with Gasteiger partial charge >= 0.3 is 0 Å². The van der Waals surface area contributed by atoms with Gasteiger partial charge in [0.2, 0.25) is 5.82 Å². The van der Waals surface area contributed by atoms with E-state index in [0.717, 1.165) is 6.07 Å². The van der Waals surface area contributed by atoms with Gasteiger partial charge in [0.25, 0.3) is 0 Å². The van der Waals surface area contributed by atoms with Crippen molar-refractivity contribution in [3.05, 3.63) is 27.7 Å². The summed E-state index contributed by atoms with van der Waals surface area (Å²) in [5.74, 6) is -3.43. The van der Waals surface area contributed by atoms with E-state index < -0.39 is 30.0 Å². The molecule has 0 aliphatic heterocycles. The molecule has 1 rings (SSSR count). The fraction of sp³-hybridized carbons (Fsp3) is 0.250. The lowest BCUT2D eigenvalue weighted by molar-refractivity contribution is 0.263. The molecule has 0 aliphatic rings. The summed E-state index contributed by atoms with van der Waals surface area (Å²) in [5.41, 5.74) is 5.14. The summed E-state index contributed by atoms with van der Waals surface area (Å²) in [7, 11) is 0. The zero-order valence-corrected chi connectivity index (χ0v) is 8.55. The molecule has 14 heavy (non-hydrogen) atoms. The molecule has 1 aromatic rings. The SMILES string of the molecule is NC(CO)c1cc(Br)c(O)c(F)c1F. The lowest BCUT2D eigenvalue weighted by Crippen LogP contribution is -2.17. The summed E-state index contributed by atoms with van der Waals surface area (Å²) >= 11 is 2.83. The van der Waals surface area contributed by atoms with Crippen molar-refractivity contribution in [1.29, 1.82) is 0 Å². The van der Waals surface area contributed by atoms with Crippen molar-refractivity contribution in [2.75, 3.05) is 6.61 Å². The van der Waals surface area contributed by atoms with Crippen LogP contribution in [0.5, 0.6) is 5.75 Å². The molecule has 0 radical (unpaired) electrons. The van der Waals surface area contributed by atoms with Crippen molar-refractivity contribution < 1.29 is 19.0 Å². The summed E-state index contributed by atoms with van der Waals surface area (Å²) in [5, 5.41) is 17.7. The Hall–Kier alpha value is -0.720. The van der Waals surface area contributed by atoms with Crippen molar-refractivity contribution in [2.24, 2.45) is 5.73 Å². The van der Waals surface area contributed by atoms with Gasteiger partial charge in [-0.2, -0.15) is 4.39 Å². The van der Waals surface area contributed by atoms with Crippen LogP contribution >= 0.6 is 15.9 Å². The Morgan fingerprint density at radius 1 is 1.43 bits per heavy atom. The molecule has 78 valence electrons. The van der Waals surface area contributed by atoms with Gasteiger partial charge in [-0.05, 0) is 22.0 Å². The minimum atomic E-state index is -1.38. The molecule has 1 aromatic carbocycles. The van der Waals surface area contributed by atoms with E-state index in [-0.39, 0.29) is 10.0 Å². The van der Waals surface area contributed by atoms with Gasteiger partial charge in [0.05, 0.1) is 17.1 Å². The smallest absolute Gasteiger partial charge is 0.201 e. The Labute approximate surface area is 87.3 Å². The van der Waals surface area contributed by atoms with Crippen LogP contribution in [0.2, 0.25) is 0 Å². The number of phenols is 1. The van der Waals surface area contributed by atoms with Crippen LogP contribution in [0.1, 0.15) is 11.6 Å². The Kier molecular flexibility index (Phi) is 3.41. The first-order valence-electron chi connectivity index (χ1n) is 3.71. The standard InChI is InChI=1S/C8H8BrF2NO2/c9-4-1-3(5(12)2-13)6(10)7(11)8(4)14/h1,5,13-14H,2,12H2. The van der Waals surface area contributed by atoms with Gasteiger partial charge in [-0.1, -0.05) is 0 Å². The Bertz CT molecular complexity index is 360. The maximum Gasteiger partial charge on any atom is 0.201 e. The normalized spacial score (nSPS) is 12.9. The van der Waals surface area contributed by atoms with Crippen molar-refractivity contribution in [1.82, 2.24) is 0 Å². The van der Waals surface area contributed by atoms with Gasteiger partial charge in [0, 0.05) is 5.56 Å². The van der Waals surface area contributed by atoms with Gasteiger partial charge in [-0.25, -0.2) is 4.39 Å². The molecule has 1 unspecified atom stereocenters. The van der Waals surface area contributed by atoms with E-state index in [9.17, 15) is 8.78 Å². The van der Waals surface area contributed by atoms with Crippen LogP contribution < -0.4 is 5.73 Å². The van der Waals surface area contributed by atoms with Crippen molar-refractivity contribution in [3.8, 4) is 5.75 Å². The zero-order chi connectivity index (χ0) is 10.9. The number of aromatic hydroxyl groups is 1. The molecule has 0 saturated heterocycles. The minimum absolute atomic E-state index is 0.00435. The van der Waals surface area contributed by atoms with Crippen LogP contribution in [0, 0.1) is 11.6 Å². The van der Waals surface area contributed by atoms with Gasteiger partial charge < -0.3 is 15.9 Å². The highest BCUT2D eigenvalue weighted by atomic mass is 79.9. The molecule has 6 heteroatoms. The number of hydrogen-bond acceptors (Lipinski definition) is 3. The van der Waals surface area contributed by atoms with Crippen LogP contribution in [0.25, 0.3) is 0 Å². The van der Waals surface area contributed by atoms with Gasteiger partial charge in [-0.15, -0.1) is 0 Å². The van der Waals surface area contributed by atoms with Crippen molar-refractivity contribution in [2.45, 2.75) is 6.04 Å². The highest BCUT2D eigenvalue weighted by Crippen LogP contribution is 2.32. The number of nitrogens with two attached hydrogens (primary N) is 1. The fourth-order valence-electron chi connectivity index (χ4n) is 0.972. The number of halogens is 3. The predicted octanol–water partition coefficient (Wildman–Crippen LogP) is 1.42. The maximum atomic E-state index is 13.1. The van der Waals surface area contributed by atoms with E-state index in [1.54, 1.807) is 0 Å². The number of aliphatic hydroxyl groups excluding tert-OH is 1. The molecule has 0 saturated carbocycles. The molecule has 0 spiro atoms. The Morgan fingerprint density at radius 2 is 2.00 bits per heavy atom. The second kappa shape index (κ2) is 4.20. The van der Waals surface area contributed by atoms with Crippen LogP contribution in [-0.4, -0.2) is 16.8 Å². The predicted molar refractivity (Wildman–Crippen MR) is 49.7 cm³/mol. The van der Waals surface area contributed by atoms with Gasteiger partial charge in [0.15, 0.2) is 11.6 Å². The fourth-order valence-corrected chi connectivity index (χ4v) is 1.39. The van der Waals surface area contributed by atoms with Crippen LogP contribution in [0.15, 0.2) is 10.5 Å². The first kappa shape index (κ1) is 11.4. The average molecular weight is 268 g/mol. The quantitative estimate of drug-likeness (QED) is 0.711. The van der Waals surface area contributed by atoms with E-state index in [1.807, 2.05) is 0 Å². The first-order valence-corrected chi connectivity index (χ1v) is 4.51. The molecule has 1 atom stereocenters. The molecule has 4 N–H and O–H groups in total. The van der Waals surface area contributed by atoms with E-state index in [1.165, 1.54) is 0 Å². The number of rotatable bonds is 2. The van der Waals surface area contributed by atoms with Gasteiger partial charge in [-0.3, -0.25) is 0 Å². The van der Waals surface area contributed by atoms with E-state index in [2.05, 4.69) is 15.9 Å². The molecule has 0 fully saturated rings. The third-order valence-electron chi connectivity index (χ3n) is 1.76. The van der Waals surface area contributed by atoms with Crippen LogP contribution in [0.3, 0.4) is 0 Å². The summed E-state index contributed by atoms with van der Waals surface area (Å²) in [4.78, 5) is 0. The number of benzene rings is 1. The summed E-state index contributed by atoms with van der Waals surface area (Å²) in [6, 6.07) is 0.121. The zero-order valence-electron chi connectivity index (χ0n) is 6.97. The van der Waals surface area contributed by atoms with Crippen molar-refractivity contribution >= 4 is 15.9 Å². The Morgan fingerprint density at radius 3 is 2.50 bits per heavy atom. The molecular weight excluding hydrogens is 260 g/mol. The number of hydrogen-bond donors (Lipinski definition) is 3. The molecule has 3 nitrogen and oxygen atoms in total. The first-order chi connectivity index (χ1) is 6.49. The molecule has 0 amide bonds.